The Kier molecular flexibility index (Phi) is 5.13. The highest BCUT2D eigenvalue weighted by molar-refractivity contribution is 6.07. The Labute approximate surface area is 166 Å². The zero-order chi connectivity index (χ0) is 19.8. The highest BCUT2D eigenvalue weighted by Crippen LogP contribution is 2.49. The molecule has 4 rings (SSSR count). The van der Waals surface area contributed by atoms with Crippen LogP contribution in [-0.2, 0) is 16.0 Å². The number of carbonyl (C=O) groups excluding carboxylic acids is 3. The van der Waals surface area contributed by atoms with Gasteiger partial charge in [-0.15, -0.1) is 0 Å². The van der Waals surface area contributed by atoms with Gasteiger partial charge < -0.3 is 10.6 Å². The number of hydrogen-bond acceptors (Lipinski definition) is 3. The number of imide groups is 1. The van der Waals surface area contributed by atoms with Crippen LogP contribution < -0.4 is 10.6 Å². The monoisotopic (exact) mass is 383 g/mol. The third kappa shape index (κ3) is 3.52. The summed E-state index contributed by atoms with van der Waals surface area (Å²) < 4.78 is 0. The van der Waals surface area contributed by atoms with Gasteiger partial charge in [0.15, 0.2) is 0 Å². The van der Waals surface area contributed by atoms with Crippen LogP contribution in [0.5, 0.6) is 0 Å². The molecule has 1 aromatic rings. The van der Waals surface area contributed by atoms with Crippen molar-refractivity contribution in [3.8, 4) is 0 Å². The van der Waals surface area contributed by atoms with Crippen molar-refractivity contribution in [1.82, 2.24) is 15.5 Å². The van der Waals surface area contributed by atoms with E-state index in [9.17, 15) is 14.4 Å². The van der Waals surface area contributed by atoms with Crippen molar-refractivity contribution >= 4 is 17.8 Å². The van der Waals surface area contributed by atoms with E-state index in [1.165, 1.54) is 25.7 Å². The first-order chi connectivity index (χ1) is 13.4. The van der Waals surface area contributed by atoms with Crippen LogP contribution >= 0.6 is 0 Å². The molecule has 2 N–H and O–H groups in total. The van der Waals surface area contributed by atoms with Crippen LogP contribution in [-0.4, -0.2) is 40.9 Å². The van der Waals surface area contributed by atoms with E-state index in [-0.39, 0.29) is 17.9 Å². The fourth-order valence-corrected chi connectivity index (χ4v) is 5.38. The van der Waals surface area contributed by atoms with Crippen LogP contribution in [0.15, 0.2) is 30.3 Å². The number of rotatable bonds is 6. The summed E-state index contributed by atoms with van der Waals surface area (Å²) in [5, 5.41) is 5.80. The molecule has 0 spiro atoms. The van der Waals surface area contributed by atoms with Crippen molar-refractivity contribution in [2.24, 2.45) is 17.8 Å². The summed E-state index contributed by atoms with van der Waals surface area (Å²) in [6, 6.07) is 7.73. The van der Waals surface area contributed by atoms with Crippen molar-refractivity contribution in [2.75, 3.05) is 0 Å². The van der Waals surface area contributed by atoms with Gasteiger partial charge in [-0.1, -0.05) is 36.8 Å². The zero-order valence-electron chi connectivity index (χ0n) is 16.6. The van der Waals surface area contributed by atoms with Crippen LogP contribution in [0.1, 0.15) is 45.1 Å². The number of nitrogens with zero attached hydrogens (tertiary/aromatic N) is 1. The number of carbonyl (C=O) groups is 3. The van der Waals surface area contributed by atoms with Crippen LogP contribution in [0.3, 0.4) is 0 Å². The molecule has 3 fully saturated rings. The van der Waals surface area contributed by atoms with Gasteiger partial charge in [0.05, 0.1) is 0 Å². The molecule has 28 heavy (non-hydrogen) atoms. The Balaban J connectivity index is 1.36. The molecule has 1 saturated heterocycles. The molecule has 1 heterocycles. The lowest BCUT2D eigenvalue weighted by atomic mass is 9.84. The van der Waals surface area contributed by atoms with E-state index in [2.05, 4.69) is 17.6 Å². The number of amides is 4. The van der Waals surface area contributed by atoms with E-state index in [0.29, 0.717) is 18.3 Å². The summed E-state index contributed by atoms with van der Waals surface area (Å²) in [6.45, 7) is 3.69. The lowest BCUT2D eigenvalue weighted by Gasteiger charge is -2.30. The normalized spacial score (nSPS) is 31.0. The van der Waals surface area contributed by atoms with Gasteiger partial charge in [0.1, 0.15) is 12.1 Å². The molecule has 2 bridgehead atoms. The van der Waals surface area contributed by atoms with Crippen LogP contribution in [0.4, 0.5) is 4.79 Å². The maximum absolute atomic E-state index is 12.8. The molecule has 6 nitrogen and oxygen atoms in total. The Morgan fingerprint density at radius 1 is 1.18 bits per heavy atom. The number of urea groups is 1. The number of hydrogen-bond donors (Lipinski definition) is 2. The minimum atomic E-state index is -0.811. The smallest absolute Gasteiger partial charge is 0.325 e. The highest BCUT2D eigenvalue weighted by atomic mass is 16.2. The van der Waals surface area contributed by atoms with E-state index < -0.39 is 18.1 Å². The minimum absolute atomic E-state index is 0.0751. The Morgan fingerprint density at radius 2 is 1.93 bits per heavy atom. The maximum Gasteiger partial charge on any atom is 0.325 e. The van der Waals surface area contributed by atoms with E-state index in [4.69, 9.17) is 0 Å². The van der Waals surface area contributed by atoms with Gasteiger partial charge in [-0.05, 0) is 56.4 Å². The molecule has 2 aliphatic carbocycles. The van der Waals surface area contributed by atoms with E-state index in [0.717, 1.165) is 16.4 Å². The standard InChI is InChI=1S/C22H29N3O3/c1-13(18-11-16-8-9-17(18)10-16)23-20(26)14(2)25-21(27)19(24-22(25)28)12-15-6-4-3-5-7-15/h3-7,13-14,16-19H,8-12H2,1-2H3,(H,23,26)(H,24,28)/t13-,14-,16-,17-,18-,19+/m0/s1. The molecule has 4 amide bonds. The van der Waals surface area contributed by atoms with Crippen LogP contribution in [0.2, 0.25) is 0 Å². The van der Waals surface area contributed by atoms with Gasteiger partial charge in [0.2, 0.25) is 5.91 Å². The van der Waals surface area contributed by atoms with E-state index >= 15 is 0 Å². The number of benzene rings is 1. The third-order valence-electron chi connectivity index (χ3n) is 6.91. The predicted molar refractivity (Wildman–Crippen MR) is 105 cm³/mol. The largest absolute Gasteiger partial charge is 0.352 e. The SMILES string of the molecule is C[C@H](NC(=O)[C@H](C)N1C(=O)N[C@H](Cc2ccccc2)C1=O)[C@@H]1C[C@H]2CC[C@H]1C2. The average molecular weight is 383 g/mol. The first-order valence-corrected chi connectivity index (χ1v) is 10.4. The molecule has 2 saturated carbocycles. The molecule has 0 radical (unpaired) electrons. The second-order valence-electron chi connectivity index (χ2n) is 8.71. The number of nitrogens with one attached hydrogen (secondary N) is 2. The molecular weight excluding hydrogens is 354 g/mol. The van der Waals surface area contributed by atoms with Crippen LogP contribution in [0.25, 0.3) is 0 Å². The zero-order valence-corrected chi connectivity index (χ0v) is 16.6. The maximum atomic E-state index is 12.8. The molecule has 6 heteroatoms. The topological polar surface area (TPSA) is 78.5 Å². The first kappa shape index (κ1) is 19.0. The van der Waals surface area contributed by atoms with E-state index in [1.807, 2.05) is 30.3 Å². The molecule has 0 aromatic heterocycles. The third-order valence-corrected chi connectivity index (χ3v) is 6.91. The van der Waals surface area contributed by atoms with Crippen molar-refractivity contribution < 1.29 is 14.4 Å². The summed E-state index contributed by atoms with van der Waals surface area (Å²) in [5.74, 6) is 1.46. The van der Waals surface area contributed by atoms with Gasteiger partial charge in [-0.3, -0.25) is 14.5 Å². The molecule has 6 atom stereocenters. The van der Waals surface area contributed by atoms with Crippen LogP contribution in [0, 0.1) is 17.8 Å². The summed E-state index contributed by atoms with van der Waals surface area (Å²) >= 11 is 0. The van der Waals surface area contributed by atoms with Gasteiger partial charge in [0, 0.05) is 12.5 Å². The predicted octanol–water partition coefficient (Wildman–Crippen LogP) is 2.48. The molecule has 1 aliphatic heterocycles. The first-order valence-electron chi connectivity index (χ1n) is 10.4. The summed E-state index contributed by atoms with van der Waals surface area (Å²) in [7, 11) is 0. The molecule has 150 valence electrons. The van der Waals surface area contributed by atoms with E-state index in [1.54, 1.807) is 6.92 Å². The second kappa shape index (κ2) is 7.57. The average Bonchev–Trinajstić information content (AvgIpc) is 3.37. The molecule has 0 unspecified atom stereocenters. The van der Waals surface area contributed by atoms with Crippen molar-refractivity contribution in [2.45, 2.75) is 64.1 Å². The quantitative estimate of drug-likeness (QED) is 0.741. The van der Waals surface area contributed by atoms with Gasteiger partial charge in [0.25, 0.3) is 5.91 Å². The lowest BCUT2D eigenvalue weighted by Crippen LogP contribution is -2.52. The fraction of sp³-hybridized carbons (Fsp3) is 0.591. The Hall–Kier alpha value is -2.37. The minimum Gasteiger partial charge on any atom is -0.352 e. The van der Waals surface area contributed by atoms with Gasteiger partial charge in [-0.2, -0.15) is 0 Å². The number of fused-ring (bicyclic) bond motifs is 2. The highest BCUT2D eigenvalue weighted by Gasteiger charge is 2.45. The molecular formula is C22H29N3O3. The summed E-state index contributed by atoms with van der Waals surface area (Å²) in [4.78, 5) is 39.0. The molecule has 3 aliphatic rings. The Bertz CT molecular complexity index is 766. The fourth-order valence-electron chi connectivity index (χ4n) is 5.38. The van der Waals surface area contributed by atoms with Crippen molar-refractivity contribution in [1.29, 1.82) is 0 Å². The van der Waals surface area contributed by atoms with Crippen molar-refractivity contribution in [3.05, 3.63) is 35.9 Å². The van der Waals surface area contributed by atoms with Crippen molar-refractivity contribution in [3.63, 3.8) is 0 Å². The second-order valence-corrected chi connectivity index (χ2v) is 8.71. The summed E-state index contributed by atoms with van der Waals surface area (Å²) in [6.07, 6.45) is 5.48. The van der Waals surface area contributed by atoms with Gasteiger partial charge in [-0.25, -0.2) is 4.79 Å². The molecule has 1 aromatic carbocycles. The summed E-state index contributed by atoms with van der Waals surface area (Å²) in [5.41, 5.74) is 0.977. The Morgan fingerprint density at radius 3 is 2.57 bits per heavy atom. The lowest BCUT2D eigenvalue weighted by molar-refractivity contribution is -0.135. The van der Waals surface area contributed by atoms with Gasteiger partial charge >= 0.3 is 6.03 Å².